The van der Waals surface area contributed by atoms with Crippen LogP contribution >= 0.6 is 7.60 Å². The summed E-state index contributed by atoms with van der Waals surface area (Å²) < 4.78 is 15.2. The highest BCUT2D eigenvalue weighted by molar-refractivity contribution is 7.52. The zero-order valence-electron chi connectivity index (χ0n) is 5.87. The van der Waals surface area contributed by atoms with Crippen molar-refractivity contribution in [1.29, 1.82) is 0 Å². The smallest absolute Gasteiger partial charge is 0.323 e. The van der Waals surface area contributed by atoms with Crippen molar-refractivity contribution in [2.24, 2.45) is 0 Å². The summed E-state index contributed by atoms with van der Waals surface area (Å²) >= 11 is 0. The van der Waals surface area contributed by atoms with Gasteiger partial charge in [-0.05, 0) is 0 Å². The van der Waals surface area contributed by atoms with E-state index >= 15 is 0 Å². The van der Waals surface area contributed by atoms with Crippen LogP contribution in [0.2, 0.25) is 0 Å². The van der Waals surface area contributed by atoms with Crippen LogP contribution in [-0.4, -0.2) is 30.2 Å². The normalized spacial score (nSPS) is 17.9. The first-order valence-electron chi connectivity index (χ1n) is 2.67. The molecule has 0 bridgehead atoms. The number of hydrogen-bond donors (Lipinski definition) is 1. The van der Waals surface area contributed by atoms with E-state index in [0.29, 0.717) is 0 Å². The van der Waals surface area contributed by atoms with Crippen LogP contribution in [0.3, 0.4) is 0 Å². The van der Waals surface area contributed by atoms with E-state index in [1.54, 1.807) is 21.0 Å². The standard InChI is InChI=1S/C4H12NO3P/c1-4-9(6,7)8-5(2)3/h4H2,1-3H3,(H,6,7). The fourth-order valence-electron chi connectivity index (χ4n) is 0.313. The van der Waals surface area contributed by atoms with Crippen LogP contribution in [0.1, 0.15) is 6.92 Å². The number of rotatable bonds is 3. The summed E-state index contributed by atoms with van der Waals surface area (Å²) in [6.45, 7) is 1.60. The Kier molecular flexibility index (Phi) is 3.36. The molecule has 1 atom stereocenters. The molecule has 0 aromatic rings. The maximum Gasteiger partial charge on any atom is 0.344 e. The van der Waals surface area contributed by atoms with Gasteiger partial charge in [0.05, 0.1) is 0 Å². The van der Waals surface area contributed by atoms with Gasteiger partial charge in [-0.1, -0.05) is 6.92 Å². The second kappa shape index (κ2) is 3.32. The van der Waals surface area contributed by atoms with Gasteiger partial charge in [-0.2, -0.15) is 5.06 Å². The quantitative estimate of drug-likeness (QED) is 0.478. The first kappa shape index (κ1) is 9.11. The van der Waals surface area contributed by atoms with Gasteiger partial charge in [-0.3, -0.25) is 4.57 Å². The SMILES string of the molecule is CCP(=O)(O)ON(C)C. The molecule has 0 fully saturated rings. The predicted octanol–water partition coefficient (Wildman–Crippen LogP) is 0.685. The molecule has 0 saturated carbocycles. The van der Waals surface area contributed by atoms with Gasteiger partial charge >= 0.3 is 7.60 Å². The maximum atomic E-state index is 10.7. The molecule has 0 radical (unpaired) electrons. The maximum absolute atomic E-state index is 10.7. The summed E-state index contributed by atoms with van der Waals surface area (Å²) in [6.07, 6.45) is 0.144. The van der Waals surface area contributed by atoms with Gasteiger partial charge in [0.25, 0.3) is 0 Å². The Morgan fingerprint density at radius 2 is 2.11 bits per heavy atom. The van der Waals surface area contributed by atoms with Gasteiger partial charge in [-0.15, -0.1) is 0 Å². The lowest BCUT2D eigenvalue weighted by molar-refractivity contribution is -0.0142. The molecule has 0 aromatic heterocycles. The molecular weight excluding hydrogens is 141 g/mol. The summed E-state index contributed by atoms with van der Waals surface area (Å²) in [4.78, 5) is 8.79. The van der Waals surface area contributed by atoms with E-state index in [0.717, 1.165) is 0 Å². The molecule has 56 valence electrons. The van der Waals surface area contributed by atoms with Crippen LogP contribution in [0.25, 0.3) is 0 Å². The summed E-state index contributed by atoms with van der Waals surface area (Å²) in [5.74, 6) is 0. The largest absolute Gasteiger partial charge is 0.344 e. The molecule has 9 heavy (non-hydrogen) atoms. The Hall–Kier alpha value is 0.110. The monoisotopic (exact) mass is 153 g/mol. The van der Waals surface area contributed by atoms with Crippen LogP contribution in [0, 0.1) is 0 Å². The van der Waals surface area contributed by atoms with Crippen molar-refractivity contribution >= 4 is 7.60 Å². The second-order valence-electron chi connectivity index (χ2n) is 1.85. The highest BCUT2D eigenvalue weighted by Gasteiger charge is 2.16. The van der Waals surface area contributed by atoms with Crippen LogP contribution in [0.15, 0.2) is 0 Å². The molecule has 0 heterocycles. The third-order valence-electron chi connectivity index (χ3n) is 0.691. The molecule has 5 heteroatoms. The molecule has 4 nitrogen and oxygen atoms in total. The Morgan fingerprint density at radius 1 is 1.67 bits per heavy atom. The number of hydroxylamine groups is 2. The molecule has 0 rings (SSSR count). The minimum atomic E-state index is -3.30. The van der Waals surface area contributed by atoms with E-state index in [1.165, 1.54) is 5.06 Å². The van der Waals surface area contributed by atoms with Gasteiger partial charge in [0, 0.05) is 20.3 Å². The molecular formula is C4H12NO3P. The summed E-state index contributed by atoms with van der Waals surface area (Å²) in [5.41, 5.74) is 0. The van der Waals surface area contributed by atoms with Crippen LogP contribution in [-0.2, 0) is 9.19 Å². The number of nitrogens with zero attached hydrogens (tertiary/aromatic N) is 1. The van der Waals surface area contributed by atoms with Gasteiger partial charge in [0.15, 0.2) is 0 Å². The van der Waals surface area contributed by atoms with Gasteiger partial charge < -0.3 is 4.89 Å². The minimum absolute atomic E-state index is 0.144. The molecule has 0 saturated heterocycles. The summed E-state index contributed by atoms with van der Waals surface area (Å²) in [6, 6.07) is 0. The third-order valence-corrected chi connectivity index (χ3v) is 2.07. The molecule has 0 amide bonds. The molecule has 0 spiro atoms. The predicted molar refractivity (Wildman–Crippen MR) is 35.1 cm³/mol. The fraction of sp³-hybridized carbons (Fsp3) is 1.00. The average Bonchev–Trinajstić information content (AvgIpc) is 1.63. The Labute approximate surface area is 54.9 Å². The van der Waals surface area contributed by atoms with Crippen LogP contribution in [0.4, 0.5) is 0 Å². The van der Waals surface area contributed by atoms with Crippen molar-refractivity contribution in [2.75, 3.05) is 20.3 Å². The molecule has 0 aliphatic rings. The van der Waals surface area contributed by atoms with Crippen LogP contribution < -0.4 is 0 Å². The van der Waals surface area contributed by atoms with Gasteiger partial charge in [0.1, 0.15) is 0 Å². The Bertz CT molecular complexity index is 125. The Morgan fingerprint density at radius 3 is 2.22 bits per heavy atom. The van der Waals surface area contributed by atoms with Gasteiger partial charge in [-0.25, -0.2) is 4.62 Å². The van der Waals surface area contributed by atoms with Crippen molar-refractivity contribution in [3.05, 3.63) is 0 Å². The number of hydrogen-bond acceptors (Lipinski definition) is 3. The van der Waals surface area contributed by atoms with E-state index in [9.17, 15) is 4.57 Å². The second-order valence-corrected chi connectivity index (χ2v) is 3.92. The first-order chi connectivity index (χ1) is 3.98. The molecule has 0 aliphatic carbocycles. The van der Waals surface area contributed by atoms with Crippen LogP contribution in [0.5, 0.6) is 0 Å². The van der Waals surface area contributed by atoms with Crippen molar-refractivity contribution in [2.45, 2.75) is 6.92 Å². The molecule has 1 unspecified atom stereocenters. The van der Waals surface area contributed by atoms with E-state index in [2.05, 4.69) is 4.62 Å². The topological polar surface area (TPSA) is 49.8 Å². The zero-order chi connectivity index (χ0) is 7.49. The lowest BCUT2D eigenvalue weighted by Gasteiger charge is -2.13. The summed E-state index contributed by atoms with van der Waals surface area (Å²) in [7, 11) is -0.168. The molecule has 0 aliphatic heterocycles. The minimum Gasteiger partial charge on any atom is -0.323 e. The van der Waals surface area contributed by atoms with Gasteiger partial charge in [0.2, 0.25) is 0 Å². The zero-order valence-corrected chi connectivity index (χ0v) is 6.76. The fourth-order valence-corrected chi connectivity index (χ4v) is 0.939. The summed E-state index contributed by atoms with van der Waals surface area (Å²) in [5, 5.41) is 1.23. The van der Waals surface area contributed by atoms with Crippen molar-refractivity contribution in [3.8, 4) is 0 Å². The Balaban J connectivity index is 3.73. The lowest BCUT2D eigenvalue weighted by Crippen LogP contribution is -2.10. The van der Waals surface area contributed by atoms with E-state index in [1.807, 2.05) is 0 Å². The average molecular weight is 153 g/mol. The lowest BCUT2D eigenvalue weighted by atomic mass is 11.0. The first-order valence-corrected chi connectivity index (χ1v) is 4.43. The van der Waals surface area contributed by atoms with E-state index in [-0.39, 0.29) is 6.16 Å². The third kappa shape index (κ3) is 4.60. The van der Waals surface area contributed by atoms with E-state index < -0.39 is 7.60 Å². The van der Waals surface area contributed by atoms with Crippen molar-refractivity contribution in [3.63, 3.8) is 0 Å². The highest BCUT2D eigenvalue weighted by Crippen LogP contribution is 2.41. The molecule has 1 N–H and O–H groups in total. The molecule has 0 aromatic carbocycles. The van der Waals surface area contributed by atoms with Crippen molar-refractivity contribution < 1.29 is 14.1 Å². The highest BCUT2D eigenvalue weighted by atomic mass is 31.2. The van der Waals surface area contributed by atoms with E-state index in [4.69, 9.17) is 4.89 Å². The van der Waals surface area contributed by atoms with Crippen molar-refractivity contribution in [1.82, 2.24) is 5.06 Å².